The number of anilines is 2. The van der Waals surface area contributed by atoms with E-state index in [-0.39, 0.29) is 6.03 Å². The molecular formula is C21H24N6O. The molecule has 0 atom stereocenters. The van der Waals surface area contributed by atoms with Crippen molar-refractivity contribution in [1.82, 2.24) is 19.9 Å². The van der Waals surface area contributed by atoms with Gasteiger partial charge < -0.3 is 15.5 Å². The average Bonchev–Trinajstić information content (AvgIpc) is 3.23. The highest BCUT2D eigenvalue weighted by atomic mass is 16.2. The zero-order chi connectivity index (χ0) is 19.7. The maximum Gasteiger partial charge on any atom is 0.321 e. The molecule has 144 valence electrons. The van der Waals surface area contributed by atoms with Crippen molar-refractivity contribution in [3.8, 4) is 11.1 Å². The molecule has 2 amide bonds. The highest BCUT2D eigenvalue weighted by Crippen LogP contribution is 2.31. The van der Waals surface area contributed by atoms with Gasteiger partial charge in [0.05, 0.1) is 0 Å². The Morgan fingerprint density at radius 3 is 2.61 bits per heavy atom. The molecule has 1 fully saturated rings. The molecule has 0 spiro atoms. The number of likely N-dealkylation sites (tertiary alicyclic amines) is 1. The molecule has 4 rings (SSSR count). The van der Waals surface area contributed by atoms with Gasteiger partial charge >= 0.3 is 6.03 Å². The van der Waals surface area contributed by atoms with E-state index in [9.17, 15) is 4.79 Å². The Morgan fingerprint density at radius 2 is 1.86 bits per heavy atom. The lowest BCUT2D eigenvalue weighted by atomic mass is 9.98. The molecule has 1 saturated heterocycles. The summed E-state index contributed by atoms with van der Waals surface area (Å²) in [4.78, 5) is 27.7. The monoisotopic (exact) mass is 376 g/mol. The number of pyridine rings is 1. The van der Waals surface area contributed by atoms with Crippen LogP contribution < -0.4 is 10.6 Å². The number of aryl methyl sites for hydroxylation is 2. The Bertz CT molecular complexity index is 1040. The number of aromatic nitrogens is 3. The fourth-order valence-corrected chi connectivity index (χ4v) is 3.56. The zero-order valence-corrected chi connectivity index (χ0v) is 16.4. The number of fused-ring (bicyclic) bond motifs is 1. The molecule has 0 unspecified atom stereocenters. The molecule has 1 aliphatic rings. The van der Waals surface area contributed by atoms with Crippen LogP contribution in [0.25, 0.3) is 22.2 Å². The fraction of sp³-hybridized carbons (Fsp3) is 0.333. The number of hydrogen-bond donors (Lipinski definition) is 2. The third kappa shape index (κ3) is 3.47. The van der Waals surface area contributed by atoms with Crippen LogP contribution in [0.2, 0.25) is 0 Å². The number of hydrogen-bond acceptors (Lipinski definition) is 5. The zero-order valence-electron chi connectivity index (χ0n) is 16.4. The second-order valence-electron chi connectivity index (χ2n) is 7.13. The highest BCUT2D eigenvalue weighted by molar-refractivity contribution is 5.91. The van der Waals surface area contributed by atoms with Crippen molar-refractivity contribution in [2.45, 2.75) is 26.7 Å². The van der Waals surface area contributed by atoms with Crippen LogP contribution in [0.15, 0.2) is 30.5 Å². The summed E-state index contributed by atoms with van der Waals surface area (Å²) in [6, 6.07) is 8.01. The summed E-state index contributed by atoms with van der Waals surface area (Å²) in [5, 5.41) is 6.84. The van der Waals surface area contributed by atoms with Crippen molar-refractivity contribution in [3.05, 3.63) is 41.7 Å². The second-order valence-corrected chi connectivity index (χ2v) is 7.13. The summed E-state index contributed by atoms with van der Waals surface area (Å²) in [7, 11) is 1.79. The third-order valence-electron chi connectivity index (χ3n) is 5.16. The molecule has 3 heterocycles. The van der Waals surface area contributed by atoms with Crippen molar-refractivity contribution < 1.29 is 4.79 Å². The average molecular weight is 376 g/mol. The number of benzene rings is 1. The molecule has 0 radical (unpaired) electrons. The van der Waals surface area contributed by atoms with Crippen molar-refractivity contribution in [3.63, 3.8) is 0 Å². The summed E-state index contributed by atoms with van der Waals surface area (Å²) in [5.74, 6) is 0.551. The Balaban J connectivity index is 1.70. The molecule has 1 aliphatic heterocycles. The molecule has 28 heavy (non-hydrogen) atoms. The van der Waals surface area contributed by atoms with Gasteiger partial charge in [-0.1, -0.05) is 6.07 Å². The predicted molar refractivity (Wildman–Crippen MR) is 112 cm³/mol. The van der Waals surface area contributed by atoms with Crippen molar-refractivity contribution in [1.29, 1.82) is 0 Å². The Hall–Kier alpha value is -3.22. The van der Waals surface area contributed by atoms with E-state index in [0.29, 0.717) is 11.6 Å². The summed E-state index contributed by atoms with van der Waals surface area (Å²) < 4.78 is 0. The minimum atomic E-state index is -0.0337. The van der Waals surface area contributed by atoms with Gasteiger partial charge in [0.1, 0.15) is 0 Å². The van der Waals surface area contributed by atoms with Crippen LogP contribution in [0.3, 0.4) is 0 Å². The number of amides is 2. The molecule has 0 saturated carbocycles. The van der Waals surface area contributed by atoms with Gasteiger partial charge in [-0.3, -0.25) is 0 Å². The Labute approximate surface area is 164 Å². The molecule has 1 aromatic carbocycles. The lowest BCUT2D eigenvalue weighted by Crippen LogP contribution is -2.32. The maximum absolute atomic E-state index is 12.4. The minimum absolute atomic E-state index is 0.0337. The van der Waals surface area contributed by atoms with E-state index in [2.05, 4.69) is 38.6 Å². The molecule has 0 aliphatic carbocycles. The summed E-state index contributed by atoms with van der Waals surface area (Å²) in [6.07, 6.45) is 3.93. The van der Waals surface area contributed by atoms with Gasteiger partial charge in [0.15, 0.2) is 5.65 Å². The van der Waals surface area contributed by atoms with Gasteiger partial charge in [-0.05, 0) is 56.0 Å². The molecule has 3 aromatic rings. The minimum Gasteiger partial charge on any atom is -0.357 e. The van der Waals surface area contributed by atoms with E-state index in [1.807, 2.05) is 30.0 Å². The number of carbonyl (C=O) groups is 1. The van der Waals surface area contributed by atoms with E-state index in [4.69, 9.17) is 0 Å². The highest BCUT2D eigenvalue weighted by Gasteiger charge is 2.18. The van der Waals surface area contributed by atoms with Crippen LogP contribution >= 0.6 is 0 Å². The number of nitrogens with one attached hydrogen (secondary N) is 2. The number of carbonyl (C=O) groups excluding carboxylic acids is 1. The molecule has 7 nitrogen and oxygen atoms in total. The number of nitrogens with zero attached hydrogens (tertiary/aromatic N) is 4. The molecule has 7 heteroatoms. The van der Waals surface area contributed by atoms with Crippen molar-refractivity contribution in [2.75, 3.05) is 30.8 Å². The summed E-state index contributed by atoms with van der Waals surface area (Å²) >= 11 is 0. The maximum atomic E-state index is 12.4. The first-order valence-corrected chi connectivity index (χ1v) is 9.54. The van der Waals surface area contributed by atoms with Crippen molar-refractivity contribution in [2.24, 2.45) is 0 Å². The standard InChI is InChI=1S/C21H24N6O/c1-13-6-7-16(25-21(28)27-8-4-5-9-27)11-17(13)18-10-15-12-23-20(22-3)26-19(15)24-14(18)2/h6-7,10-12H,4-5,8-9H2,1-3H3,(H,25,28)(H,22,23,24,26). The molecule has 0 bridgehead atoms. The van der Waals surface area contributed by atoms with Crippen LogP contribution in [0.4, 0.5) is 16.4 Å². The van der Waals surface area contributed by atoms with Gasteiger partial charge in [-0.2, -0.15) is 4.98 Å². The van der Waals surface area contributed by atoms with Gasteiger partial charge in [-0.15, -0.1) is 0 Å². The first-order valence-electron chi connectivity index (χ1n) is 9.54. The first-order chi connectivity index (χ1) is 13.5. The lowest BCUT2D eigenvalue weighted by molar-refractivity contribution is 0.222. The number of rotatable bonds is 3. The van der Waals surface area contributed by atoms with E-state index in [1.165, 1.54) is 0 Å². The van der Waals surface area contributed by atoms with Crippen LogP contribution in [0.1, 0.15) is 24.1 Å². The predicted octanol–water partition coefficient (Wildman–Crippen LogP) is 3.98. The first kappa shape index (κ1) is 18.2. The Morgan fingerprint density at radius 1 is 1.07 bits per heavy atom. The summed E-state index contributed by atoms with van der Waals surface area (Å²) in [6.45, 7) is 5.69. The second kappa shape index (κ2) is 7.42. The van der Waals surface area contributed by atoms with Crippen LogP contribution in [0, 0.1) is 13.8 Å². The smallest absolute Gasteiger partial charge is 0.321 e. The van der Waals surface area contributed by atoms with Crippen LogP contribution in [-0.4, -0.2) is 46.0 Å². The lowest BCUT2D eigenvalue weighted by Gasteiger charge is -2.17. The van der Waals surface area contributed by atoms with Crippen LogP contribution in [-0.2, 0) is 0 Å². The molecule has 2 N–H and O–H groups in total. The largest absolute Gasteiger partial charge is 0.357 e. The van der Waals surface area contributed by atoms with Crippen LogP contribution in [0.5, 0.6) is 0 Å². The fourth-order valence-electron chi connectivity index (χ4n) is 3.56. The van der Waals surface area contributed by atoms with E-state index in [0.717, 1.165) is 59.4 Å². The molecular weight excluding hydrogens is 352 g/mol. The SMILES string of the molecule is CNc1ncc2cc(-c3cc(NC(=O)N4CCCC4)ccc3C)c(C)nc2n1. The molecule has 2 aromatic heterocycles. The Kier molecular flexibility index (Phi) is 4.81. The van der Waals surface area contributed by atoms with Crippen molar-refractivity contribution >= 4 is 28.7 Å². The summed E-state index contributed by atoms with van der Waals surface area (Å²) in [5.41, 5.74) is 5.53. The van der Waals surface area contributed by atoms with Gasteiger partial charge in [0.2, 0.25) is 5.95 Å². The van der Waals surface area contributed by atoms with Gasteiger partial charge in [0, 0.05) is 48.7 Å². The van der Waals surface area contributed by atoms with E-state index >= 15 is 0 Å². The normalized spacial score (nSPS) is 13.8. The number of urea groups is 1. The van der Waals surface area contributed by atoms with E-state index in [1.54, 1.807) is 13.2 Å². The quantitative estimate of drug-likeness (QED) is 0.722. The van der Waals surface area contributed by atoms with E-state index < -0.39 is 0 Å². The van der Waals surface area contributed by atoms with Gasteiger partial charge in [0.25, 0.3) is 0 Å². The topological polar surface area (TPSA) is 83.0 Å². The third-order valence-corrected chi connectivity index (χ3v) is 5.16. The van der Waals surface area contributed by atoms with Gasteiger partial charge in [-0.25, -0.2) is 14.8 Å².